The number of esters is 2. The number of nitrogens with zero attached hydrogens (tertiary/aromatic N) is 2. The van der Waals surface area contributed by atoms with Crippen molar-refractivity contribution in [3.05, 3.63) is 23.9 Å². The highest BCUT2D eigenvalue weighted by atomic mass is 33.1. The Morgan fingerprint density at radius 2 is 1.00 bits per heavy atom. The number of hydrogen-bond donors (Lipinski definition) is 1. The van der Waals surface area contributed by atoms with E-state index in [0.717, 1.165) is 127 Å². The summed E-state index contributed by atoms with van der Waals surface area (Å²) in [5.41, 5.74) is 7.05. The SMILES string of the molecule is CCCCCCC(CCSSCCCC)C(=O)OCCCCCCN(CCCCCCOC(=O)C(CCCCCC)CCSSCCCC)CCc1ccc(N)nc1. The van der Waals surface area contributed by atoms with E-state index in [2.05, 4.69) is 43.6 Å². The third-order valence-corrected chi connectivity index (χ3v) is 15.7. The van der Waals surface area contributed by atoms with Crippen molar-refractivity contribution in [1.29, 1.82) is 0 Å². The molecule has 2 atom stereocenters. The van der Waals surface area contributed by atoms with Crippen molar-refractivity contribution in [3.63, 3.8) is 0 Å². The average molecular weight is 886 g/mol. The number of carbonyl (C=O) groups is 2. The van der Waals surface area contributed by atoms with Crippen LogP contribution >= 0.6 is 43.2 Å². The highest BCUT2D eigenvalue weighted by Gasteiger charge is 2.21. The number of carbonyl (C=O) groups excluding carboxylic acids is 2. The first-order valence-corrected chi connectivity index (χ1v) is 28.7. The summed E-state index contributed by atoms with van der Waals surface area (Å²) >= 11 is 0. The van der Waals surface area contributed by atoms with Crippen LogP contribution in [0.5, 0.6) is 0 Å². The quantitative estimate of drug-likeness (QED) is 0.0386. The topological polar surface area (TPSA) is 94.8 Å². The predicted octanol–water partition coefficient (Wildman–Crippen LogP) is 14.0. The molecule has 0 aliphatic rings. The molecule has 2 N–H and O–H groups in total. The van der Waals surface area contributed by atoms with Crippen LogP contribution in [0, 0.1) is 11.8 Å². The van der Waals surface area contributed by atoms with Gasteiger partial charge in [0.05, 0.1) is 25.0 Å². The van der Waals surface area contributed by atoms with Gasteiger partial charge in [-0.25, -0.2) is 4.98 Å². The van der Waals surface area contributed by atoms with E-state index in [0.29, 0.717) is 19.0 Å². The number of pyridine rings is 1. The Hall–Kier alpha value is -0.750. The minimum Gasteiger partial charge on any atom is -0.465 e. The fraction of sp³-hybridized carbons (Fsp3) is 0.851. The van der Waals surface area contributed by atoms with E-state index in [1.165, 1.54) is 81.3 Å². The fourth-order valence-electron chi connectivity index (χ4n) is 6.79. The van der Waals surface area contributed by atoms with E-state index in [1.807, 2.05) is 55.4 Å². The highest BCUT2D eigenvalue weighted by molar-refractivity contribution is 8.77. The molecule has 0 saturated carbocycles. The lowest BCUT2D eigenvalue weighted by Gasteiger charge is -2.22. The number of nitrogens with two attached hydrogens (primary N) is 1. The molecule has 0 amide bonds. The molecule has 338 valence electrons. The lowest BCUT2D eigenvalue weighted by molar-refractivity contribution is -0.150. The maximum absolute atomic E-state index is 13.0. The van der Waals surface area contributed by atoms with Crippen molar-refractivity contribution in [2.45, 2.75) is 188 Å². The third kappa shape index (κ3) is 32.9. The third-order valence-electron chi connectivity index (χ3n) is 10.7. The minimum atomic E-state index is 0.0288. The first-order chi connectivity index (χ1) is 28.4. The van der Waals surface area contributed by atoms with Gasteiger partial charge in [0.25, 0.3) is 0 Å². The Balaban J connectivity index is 2.44. The Morgan fingerprint density at radius 1 is 0.552 bits per heavy atom. The number of rotatable bonds is 43. The molecule has 0 saturated heterocycles. The van der Waals surface area contributed by atoms with Crippen molar-refractivity contribution in [1.82, 2.24) is 9.88 Å². The summed E-state index contributed by atoms with van der Waals surface area (Å²) in [4.78, 5) is 33.0. The van der Waals surface area contributed by atoms with Crippen LogP contribution in [0.15, 0.2) is 18.3 Å². The van der Waals surface area contributed by atoms with Crippen LogP contribution in [0.25, 0.3) is 0 Å². The van der Waals surface area contributed by atoms with Crippen LogP contribution in [0.4, 0.5) is 5.82 Å². The summed E-state index contributed by atoms with van der Waals surface area (Å²) in [5.74, 6) is 5.17. The number of unbranched alkanes of at least 4 members (excludes halogenated alkanes) is 14. The van der Waals surface area contributed by atoms with Gasteiger partial charge in [0, 0.05) is 35.8 Å². The maximum atomic E-state index is 13.0. The fourth-order valence-corrected chi connectivity index (χ4v) is 11.5. The largest absolute Gasteiger partial charge is 0.465 e. The Kier molecular flexibility index (Phi) is 39.6. The predicted molar refractivity (Wildman–Crippen MR) is 261 cm³/mol. The number of nitrogen functional groups attached to an aromatic ring is 1. The minimum absolute atomic E-state index is 0.0288. The van der Waals surface area contributed by atoms with Crippen LogP contribution in [0.3, 0.4) is 0 Å². The molecule has 1 aromatic rings. The van der Waals surface area contributed by atoms with E-state index in [1.54, 1.807) is 0 Å². The zero-order chi connectivity index (χ0) is 42.2. The zero-order valence-electron chi connectivity index (χ0n) is 37.7. The summed E-state index contributed by atoms with van der Waals surface area (Å²) in [6.07, 6.45) is 29.9. The van der Waals surface area contributed by atoms with E-state index < -0.39 is 0 Å². The number of hydrogen-bond acceptors (Lipinski definition) is 11. The molecule has 58 heavy (non-hydrogen) atoms. The molecule has 0 fully saturated rings. The molecule has 0 bridgehead atoms. The van der Waals surface area contributed by atoms with E-state index in [9.17, 15) is 9.59 Å². The van der Waals surface area contributed by atoms with Gasteiger partial charge in [-0.15, -0.1) is 0 Å². The molecular formula is C47H87N3O4S4. The molecule has 1 rings (SSSR count). The Bertz CT molecular complexity index is 1010. The van der Waals surface area contributed by atoms with Gasteiger partial charge >= 0.3 is 11.9 Å². The van der Waals surface area contributed by atoms with E-state index >= 15 is 0 Å². The molecule has 1 heterocycles. The van der Waals surface area contributed by atoms with Gasteiger partial charge in [-0.1, -0.05) is 167 Å². The smallest absolute Gasteiger partial charge is 0.308 e. The lowest BCUT2D eigenvalue weighted by Crippen LogP contribution is -2.28. The van der Waals surface area contributed by atoms with Gasteiger partial charge in [-0.2, -0.15) is 0 Å². The van der Waals surface area contributed by atoms with Crippen LogP contribution in [-0.4, -0.2) is 77.7 Å². The van der Waals surface area contributed by atoms with Crippen LogP contribution in [0.2, 0.25) is 0 Å². The summed E-state index contributed by atoms with van der Waals surface area (Å²) in [6.45, 7) is 13.2. The number of anilines is 1. The average Bonchev–Trinajstić information content (AvgIpc) is 3.23. The van der Waals surface area contributed by atoms with Gasteiger partial charge in [-0.3, -0.25) is 9.59 Å². The van der Waals surface area contributed by atoms with Crippen molar-refractivity contribution in [2.75, 3.05) is 61.6 Å². The van der Waals surface area contributed by atoms with Crippen LogP contribution in [-0.2, 0) is 25.5 Å². The van der Waals surface area contributed by atoms with E-state index in [4.69, 9.17) is 15.2 Å². The number of ether oxygens (including phenoxy) is 2. The van der Waals surface area contributed by atoms with Gasteiger partial charge in [0.1, 0.15) is 5.82 Å². The Morgan fingerprint density at radius 3 is 1.45 bits per heavy atom. The zero-order valence-corrected chi connectivity index (χ0v) is 40.9. The van der Waals surface area contributed by atoms with Crippen molar-refractivity contribution < 1.29 is 19.1 Å². The molecule has 2 unspecified atom stereocenters. The molecule has 11 heteroatoms. The van der Waals surface area contributed by atoms with Crippen LogP contribution < -0.4 is 5.73 Å². The second-order valence-corrected chi connectivity index (χ2v) is 21.4. The molecule has 1 aromatic heterocycles. The summed E-state index contributed by atoms with van der Waals surface area (Å²) in [7, 11) is 7.74. The number of aromatic nitrogens is 1. The summed E-state index contributed by atoms with van der Waals surface area (Å²) in [6, 6.07) is 3.98. The van der Waals surface area contributed by atoms with Crippen molar-refractivity contribution in [2.24, 2.45) is 11.8 Å². The summed E-state index contributed by atoms with van der Waals surface area (Å²) in [5, 5.41) is 0. The standard InChI is InChI=1S/C47H87N3O4S4/c1-5-9-13-19-25-43(30-39-57-55-37-11-7-3)46(51)53-35-23-17-15-21-32-50(34-29-42-27-28-45(48)49-41-42)33-22-16-18-24-36-54-47(52)44(26-20-14-10-6-2)31-40-58-56-38-12-8-4/h27-28,41,43-44H,5-26,29-40H2,1-4H3,(H2,48,49). The van der Waals surface area contributed by atoms with Crippen molar-refractivity contribution in [3.8, 4) is 0 Å². The molecule has 0 aliphatic heterocycles. The first-order valence-electron chi connectivity index (χ1n) is 23.7. The molecule has 0 radical (unpaired) electrons. The monoisotopic (exact) mass is 886 g/mol. The second-order valence-electron chi connectivity index (χ2n) is 16.0. The Labute approximate surface area is 373 Å². The summed E-state index contributed by atoms with van der Waals surface area (Å²) < 4.78 is 11.7. The van der Waals surface area contributed by atoms with Gasteiger partial charge in [-0.05, 0) is 95.3 Å². The van der Waals surface area contributed by atoms with Gasteiger partial charge in [0.15, 0.2) is 0 Å². The van der Waals surface area contributed by atoms with Crippen LogP contribution in [0.1, 0.15) is 187 Å². The second kappa shape index (κ2) is 41.6. The molecule has 0 aromatic carbocycles. The lowest BCUT2D eigenvalue weighted by atomic mass is 9.98. The molecule has 0 spiro atoms. The van der Waals surface area contributed by atoms with E-state index in [-0.39, 0.29) is 23.8 Å². The maximum Gasteiger partial charge on any atom is 0.308 e. The molecule has 7 nitrogen and oxygen atoms in total. The first kappa shape index (κ1) is 55.3. The highest BCUT2D eigenvalue weighted by Crippen LogP contribution is 2.28. The van der Waals surface area contributed by atoms with Gasteiger partial charge in [0.2, 0.25) is 0 Å². The van der Waals surface area contributed by atoms with Crippen molar-refractivity contribution >= 4 is 60.9 Å². The van der Waals surface area contributed by atoms with Gasteiger partial charge < -0.3 is 20.1 Å². The molecular weight excluding hydrogens is 799 g/mol. The normalized spacial score (nSPS) is 12.6. The molecule has 0 aliphatic carbocycles.